The maximum absolute atomic E-state index is 5.13. The van der Waals surface area contributed by atoms with E-state index in [2.05, 4.69) is 32.2 Å². The van der Waals surface area contributed by atoms with Crippen LogP contribution in [0.4, 0.5) is 0 Å². The summed E-state index contributed by atoms with van der Waals surface area (Å²) in [4.78, 5) is 0. The van der Waals surface area contributed by atoms with Crippen LogP contribution >= 0.6 is 0 Å². The standard InChI is InChI=1S/C14H23NO/c1-4-12-5-6-14(10(12)2)15-11(3)13-7-8-16-9-13/h7-12,14-15H,4-6H2,1-3H3. The van der Waals surface area contributed by atoms with Crippen LogP contribution in [0.15, 0.2) is 23.0 Å². The Labute approximate surface area is 98.4 Å². The Morgan fingerprint density at radius 1 is 1.50 bits per heavy atom. The largest absolute Gasteiger partial charge is 0.472 e. The van der Waals surface area contributed by atoms with Gasteiger partial charge >= 0.3 is 0 Å². The molecular weight excluding hydrogens is 198 g/mol. The molecule has 2 heteroatoms. The van der Waals surface area contributed by atoms with Crippen molar-refractivity contribution < 1.29 is 4.42 Å². The summed E-state index contributed by atoms with van der Waals surface area (Å²) in [6, 6.07) is 3.13. The van der Waals surface area contributed by atoms with Gasteiger partial charge in [0.2, 0.25) is 0 Å². The Kier molecular flexibility index (Phi) is 3.70. The van der Waals surface area contributed by atoms with E-state index in [4.69, 9.17) is 4.42 Å². The van der Waals surface area contributed by atoms with Crippen LogP contribution in [0.1, 0.15) is 51.6 Å². The summed E-state index contributed by atoms with van der Waals surface area (Å²) in [6.45, 7) is 6.92. The molecule has 1 N–H and O–H groups in total. The van der Waals surface area contributed by atoms with Crippen LogP contribution in [0.2, 0.25) is 0 Å². The molecule has 0 radical (unpaired) electrons. The average Bonchev–Trinajstić information content (AvgIpc) is 2.89. The lowest BCUT2D eigenvalue weighted by Gasteiger charge is -2.24. The van der Waals surface area contributed by atoms with Gasteiger partial charge in [-0.05, 0) is 37.7 Å². The molecule has 2 nitrogen and oxygen atoms in total. The second-order valence-electron chi connectivity index (χ2n) is 5.16. The molecule has 1 saturated carbocycles. The van der Waals surface area contributed by atoms with Gasteiger partial charge in [-0.1, -0.05) is 20.3 Å². The summed E-state index contributed by atoms with van der Waals surface area (Å²) in [5.41, 5.74) is 1.26. The molecule has 1 aromatic heterocycles. The number of hydrogen-bond acceptors (Lipinski definition) is 2. The summed E-state index contributed by atoms with van der Waals surface area (Å²) in [5.74, 6) is 1.72. The SMILES string of the molecule is CCC1CCC(NC(C)c2ccoc2)C1C. The second kappa shape index (κ2) is 5.05. The molecule has 1 aliphatic rings. The van der Waals surface area contributed by atoms with E-state index in [1.54, 1.807) is 6.26 Å². The summed E-state index contributed by atoms with van der Waals surface area (Å²) in [7, 11) is 0. The van der Waals surface area contributed by atoms with E-state index in [1.165, 1.54) is 24.8 Å². The Morgan fingerprint density at radius 2 is 2.31 bits per heavy atom. The number of furan rings is 1. The fourth-order valence-electron chi connectivity index (χ4n) is 3.00. The summed E-state index contributed by atoms with van der Waals surface area (Å²) in [6.07, 6.45) is 7.61. The molecule has 1 aromatic rings. The predicted molar refractivity (Wildman–Crippen MR) is 66.2 cm³/mol. The van der Waals surface area contributed by atoms with Crippen LogP contribution in [-0.2, 0) is 0 Å². The van der Waals surface area contributed by atoms with Gasteiger partial charge in [0, 0.05) is 17.6 Å². The summed E-state index contributed by atoms with van der Waals surface area (Å²) in [5, 5.41) is 3.74. The first-order chi connectivity index (χ1) is 7.72. The highest BCUT2D eigenvalue weighted by Gasteiger charge is 2.32. The molecule has 90 valence electrons. The molecule has 1 aliphatic carbocycles. The maximum Gasteiger partial charge on any atom is 0.0950 e. The van der Waals surface area contributed by atoms with Gasteiger partial charge in [0.1, 0.15) is 0 Å². The van der Waals surface area contributed by atoms with E-state index in [-0.39, 0.29) is 0 Å². The Balaban J connectivity index is 1.91. The zero-order valence-electron chi connectivity index (χ0n) is 10.6. The summed E-state index contributed by atoms with van der Waals surface area (Å²) < 4.78 is 5.13. The molecule has 2 rings (SSSR count). The van der Waals surface area contributed by atoms with Crippen LogP contribution in [0.25, 0.3) is 0 Å². The molecule has 16 heavy (non-hydrogen) atoms. The first-order valence-corrected chi connectivity index (χ1v) is 6.50. The van der Waals surface area contributed by atoms with Crippen molar-refractivity contribution >= 4 is 0 Å². The highest BCUT2D eigenvalue weighted by molar-refractivity contribution is 5.11. The molecule has 0 amide bonds. The van der Waals surface area contributed by atoms with Crippen molar-refractivity contribution in [2.24, 2.45) is 11.8 Å². The first kappa shape index (κ1) is 11.7. The van der Waals surface area contributed by atoms with Gasteiger partial charge in [0.05, 0.1) is 12.5 Å². The Morgan fingerprint density at radius 3 is 2.88 bits per heavy atom. The summed E-state index contributed by atoms with van der Waals surface area (Å²) >= 11 is 0. The molecule has 0 aliphatic heterocycles. The van der Waals surface area contributed by atoms with Gasteiger partial charge in [-0.15, -0.1) is 0 Å². The van der Waals surface area contributed by atoms with Crippen molar-refractivity contribution in [3.8, 4) is 0 Å². The van der Waals surface area contributed by atoms with E-state index in [9.17, 15) is 0 Å². The van der Waals surface area contributed by atoms with Crippen LogP contribution in [0, 0.1) is 11.8 Å². The van der Waals surface area contributed by atoms with Gasteiger partial charge in [0.15, 0.2) is 0 Å². The third kappa shape index (κ3) is 2.32. The van der Waals surface area contributed by atoms with E-state index < -0.39 is 0 Å². The highest BCUT2D eigenvalue weighted by Crippen LogP contribution is 2.35. The molecule has 0 saturated heterocycles. The third-order valence-corrected chi connectivity index (χ3v) is 4.26. The molecule has 4 unspecified atom stereocenters. The smallest absolute Gasteiger partial charge is 0.0950 e. The van der Waals surface area contributed by atoms with Crippen molar-refractivity contribution in [1.29, 1.82) is 0 Å². The number of rotatable bonds is 4. The van der Waals surface area contributed by atoms with Crippen LogP contribution in [0.5, 0.6) is 0 Å². The molecule has 4 atom stereocenters. The van der Waals surface area contributed by atoms with Gasteiger partial charge in [-0.25, -0.2) is 0 Å². The van der Waals surface area contributed by atoms with Crippen LogP contribution in [0.3, 0.4) is 0 Å². The van der Waals surface area contributed by atoms with Crippen molar-refractivity contribution in [2.75, 3.05) is 0 Å². The normalized spacial score (nSPS) is 31.8. The topological polar surface area (TPSA) is 25.2 Å². The van der Waals surface area contributed by atoms with E-state index >= 15 is 0 Å². The van der Waals surface area contributed by atoms with E-state index in [1.807, 2.05) is 6.26 Å². The molecule has 1 heterocycles. The zero-order chi connectivity index (χ0) is 11.5. The molecule has 0 aromatic carbocycles. The van der Waals surface area contributed by atoms with Crippen molar-refractivity contribution in [3.05, 3.63) is 24.2 Å². The van der Waals surface area contributed by atoms with Gasteiger partial charge < -0.3 is 9.73 Å². The minimum absolute atomic E-state index is 0.404. The monoisotopic (exact) mass is 221 g/mol. The maximum atomic E-state index is 5.13. The van der Waals surface area contributed by atoms with Gasteiger partial charge in [0.25, 0.3) is 0 Å². The zero-order valence-corrected chi connectivity index (χ0v) is 10.6. The van der Waals surface area contributed by atoms with Gasteiger partial charge in [-0.3, -0.25) is 0 Å². The van der Waals surface area contributed by atoms with Crippen LogP contribution in [-0.4, -0.2) is 6.04 Å². The lowest BCUT2D eigenvalue weighted by molar-refractivity contribution is 0.327. The quantitative estimate of drug-likeness (QED) is 0.837. The van der Waals surface area contributed by atoms with E-state index in [0.717, 1.165) is 11.8 Å². The lowest BCUT2D eigenvalue weighted by Crippen LogP contribution is -2.34. The lowest BCUT2D eigenvalue weighted by atomic mass is 9.93. The third-order valence-electron chi connectivity index (χ3n) is 4.26. The van der Waals surface area contributed by atoms with Crippen molar-refractivity contribution in [2.45, 2.75) is 52.1 Å². The average molecular weight is 221 g/mol. The number of nitrogens with one attached hydrogen (secondary N) is 1. The Bertz CT molecular complexity index is 307. The molecular formula is C14H23NO. The second-order valence-corrected chi connectivity index (χ2v) is 5.16. The number of hydrogen-bond donors (Lipinski definition) is 1. The van der Waals surface area contributed by atoms with Crippen LogP contribution < -0.4 is 5.32 Å². The fourth-order valence-corrected chi connectivity index (χ4v) is 3.00. The predicted octanol–water partition coefficient (Wildman–Crippen LogP) is 3.75. The molecule has 0 spiro atoms. The molecule has 0 bridgehead atoms. The van der Waals surface area contributed by atoms with Crippen molar-refractivity contribution in [3.63, 3.8) is 0 Å². The fraction of sp³-hybridized carbons (Fsp3) is 0.714. The first-order valence-electron chi connectivity index (χ1n) is 6.50. The minimum Gasteiger partial charge on any atom is -0.472 e. The van der Waals surface area contributed by atoms with Gasteiger partial charge in [-0.2, -0.15) is 0 Å². The Hall–Kier alpha value is -0.760. The highest BCUT2D eigenvalue weighted by atomic mass is 16.3. The molecule has 1 fully saturated rings. The minimum atomic E-state index is 0.404. The van der Waals surface area contributed by atoms with Crippen molar-refractivity contribution in [1.82, 2.24) is 5.32 Å². The van der Waals surface area contributed by atoms with E-state index in [0.29, 0.717) is 12.1 Å².